The van der Waals surface area contributed by atoms with Gasteiger partial charge in [-0.15, -0.1) is 10.2 Å². The van der Waals surface area contributed by atoms with Crippen molar-refractivity contribution in [3.05, 3.63) is 72.0 Å². The van der Waals surface area contributed by atoms with E-state index in [4.69, 9.17) is 16.3 Å². The minimum absolute atomic E-state index is 0. The zero-order valence-corrected chi connectivity index (χ0v) is 35.9. The van der Waals surface area contributed by atoms with E-state index in [1.165, 1.54) is 43.5 Å². The van der Waals surface area contributed by atoms with Gasteiger partial charge < -0.3 is 29.6 Å². The van der Waals surface area contributed by atoms with Gasteiger partial charge in [0.05, 0.1) is 22.6 Å². The van der Waals surface area contributed by atoms with Crippen LogP contribution in [0.5, 0.6) is 11.5 Å². The molecule has 0 fully saturated rings. The van der Waals surface area contributed by atoms with E-state index in [-0.39, 0.29) is 128 Å². The Hall–Kier alpha value is -2.03. The zero-order valence-electron chi connectivity index (χ0n) is 26.7. The molecule has 0 aliphatic carbocycles. The molecule has 1 heterocycles. The molecular weight excluding hydrogens is 787 g/mol. The molecular formula is C26H17ClN7Na3O11S3. The first-order valence-electron chi connectivity index (χ1n) is 12.7. The summed E-state index contributed by atoms with van der Waals surface area (Å²) in [6.45, 7) is 0. The van der Waals surface area contributed by atoms with E-state index in [0.717, 1.165) is 30.3 Å². The SMILES string of the molecule is COc1ccc(N=Nc2c(S(=O)(=O)O)cc3cc(Nc4nc(Cl)nc(Nc5ccc(S(=O)(=O)[O-])cc5)n4)ccc3c2[O-])c(S(=O)(=O)[O-])c1.[Na+].[Na+].[Na+]. The predicted molar refractivity (Wildman–Crippen MR) is 164 cm³/mol. The summed E-state index contributed by atoms with van der Waals surface area (Å²) in [4.78, 5) is 9.74. The minimum Gasteiger partial charge on any atom is -0.871 e. The van der Waals surface area contributed by atoms with Crippen molar-refractivity contribution in [3.63, 3.8) is 0 Å². The number of rotatable bonds is 10. The van der Waals surface area contributed by atoms with Gasteiger partial charge in [-0.2, -0.15) is 23.4 Å². The summed E-state index contributed by atoms with van der Waals surface area (Å²) in [6, 6.07) is 12.8. The van der Waals surface area contributed by atoms with Crippen LogP contribution in [0.1, 0.15) is 0 Å². The first-order chi connectivity index (χ1) is 22.4. The molecule has 0 saturated heterocycles. The van der Waals surface area contributed by atoms with Crippen LogP contribution in [-0.4, -0.2) is 61.0 Å². The van der Waals surface area contributed by atoms with Gasteiger partial charge in [0.2, 0.25) is 17.2 Å². The fraction of sp³-hybridized carbons (Fsp3) is 0.0385. The Labute approximate surface area is 361 Å². The average molecular weight is 804 g/mol. The second-order valence-electron chi connectivity index (χ2n) is 9.43. The molecule has 4 aromatic carbocycles. The van der Waals surface area contributed by atoms with E-state index in [2.05, 4.69) is 35.8 Å². The van der Waals surface area contributed by atoms with E-state index >= 15 is 0 Å². The normalized spacial score (nSPS) is 11.6. The Morgan fingerprint density at radius 1 is 0.745 bits per heavy atom. The summed E-state index contributed by atoms with van der Waals surface area (Å²) in [7, 11) is -13.6. The van der Waals surface area contributed by atoms with Crippen LogP contribution < -0.4 is 109 Å². The van der Waals surface area contributed by atoms with Crippen molar-refractivity contribution in [1.29, 1.82) is 0 Å². The zero-order chi connectivity index (χ0) is 35.0. The van der Waals surface area contributed by atoms with Gasteiger partial charge >= 0.3 is 88.7 Å². The Kier molecular flexibility index (Phi) is 15.8. The molecule has 5 rings (SSSR count). The third-order valence-electron chi connectivity index (χ3n) is 6.27. The molecule has 0 radical (unpaired) electrons. The molecule has 0 spiro atoms. The van der Waals surface area contributed by atoms with E-state index < -0.39 is 62.2 Å². The van der Waals surface area contributed by atoms with Crippen molar-refractivity contribution in [2.75, 3.05) is 17.7 Å². The number of nitrogens with one attached hydrogen (secondary N) is 2. The largest absolute Gasteiger partial charge is 1.00 e. The van der Waals surface area contributed by atoms with Crippen molar-refractivity contribution in [2.24, 2.45) is 10.2 Å². The van der Waals surface area contributed by atoms with Crippen molar-refractivity contribution >= 4 is 87.4 Å². The number of fused-ring (bicyclic) bond motifs is 1. The molecule has 18 nitrogen and oxygen atoms in total. The molecule has 1 aromatic heterocycles. The number of nitrogens with zero attached hydrogens (tertiary/aromatic N) is 5. The number of ether oxygens (including phenoxy) is 1. The van der Waals surface area contributed by atoms with E-state index in [1.807, 2.05) is 0 Å². The summed E-state index contributed by atoms with van der Waals surface area (Å²) in [5.41, 5.74) is -0.882. The number of benzene rings is 4. The van der Waals surface area contributed by atoms with E-state index in [1.54, 1.807) is 0 Å². The number of hydrogen-bond donors (Lipinski definition) is 3. The number of halogens is 1. The second kappa shape index (κ2) is 17.9. The third kappa shape index (κ3) is 11.2. The summed E-state index contributed by atoms with van der Waals surface area (Å²) in [6.07, 6.45) is 0. The standard InChI is InChI=1S/C26H20ClN7O11S3.3Na/c1-45-16-5-9-19(20(12-16)47(39,40)41)33-34-22-21(48(42,43)44)11-13-10-15(4-8-18(13)23(22)35)29-26-31-24(27)30-25(32-26)28-14-2-6-17(7-3-14)46(36,37)38;;;/h2-12,35H,1H3,(H,36,37,38)(H,39,40,41)(H,42,43,44)(H2,28,29,30,31,32);;;/q;3*+1/p-3. The fourth-order valence-corrected chi connectivity index (χ4v) is 6.05. The molecule has 51 heavy (non-hydrogen) atoms. The Balaban J connectivity index is 0.00000300. The van der Waals surface area contributed by atoms with Crippen molar-refractivity contribution in [3.8, 4) is 11.5 Å². The smallest absolute Gasteiger partial charge is 0.871 e. The van der Waals surface area contributed by atoms with Crippen LogP contribution in [0.25, 0.3) is 10.8 Å². The number of azo groups is 1. The van der Waals surface area contributed by atoms with Crippen LogP contribution in [0.15, 0.2) is 91.6 Å². The quantitative estimate of drug-likeness (QED) is 0.0675. The topological polar surface area (TPSA) is 289 Å². The predicted octanol–water partition coefficient (Wildman–Crippen LogP) is -5.27. The van der Waals surface area contributed by atoms with Crippen LogP contribution in [0.3, 0.4) is 0 Å². The molecule has 0 unspecified atom stereocenters. The molecule has 250 valence electrons. The van der Waals surface area contributed by atoms with Gasteiger partial charge in [0, 0.05) is 11.4 Å². The Morgan fingerprint density at radius 2 is 1.33 bits per heavy atom. The van der Waals surface area contributed by atoms with Gasteiger partial charge in [-0.1, -0.05) is 11.8 Å². The summed E-state index contributed by atoms with van der Waals surface area (Å²) < 4.78 is 108. The van der Waals surface area contributed by atoms with Gasteiger partial charge in [0.15, 0.2) is 0 Å². The second-order valence-corrected chi connectivity index (χ2v) is 13.9. The first kappa shape index (κ1) is 45.1. The Morgan fingerprint density at radius 3 is 1.88 bits per heavy atom. The van der Waals surface area contributed by atoms with Crippen LogP contribution in [0, 0.1) is 0 Å². The Bertz CT molecular complexity index is 2460. The third-order valence-corrected chi connectivity index (χ3v) is 9.02. The number of methoxy groups -OCH3 is 1. The minimum atomic E-state index is -5.11. The summed E-state index contributed by atoms with van der Waals surface area (Å²) in [5.74, 6) is -1.23. The summed E-state index contributed by atoms with van der Waals surface area (Å²) >= 11 is 6.02. The number of anilines is 4. The maximum Gasteiger partial charge on any atom is 1.00 e. The average Bonchev–Trinajstić information content (AvgIpc) is 2.99. The summed E-state index contributed by atoms with van der Waals surface area (Å²) in [5, 5.41) is 25.8. The first-order valence-corrected chi connectivity index (χ1v) is 17.4. The van der Waals surface area contributed by atoms with Gasteiger partial charge in [0.25, 0.3) is 10.1 Å². The molecule has 0 atom stereocenters. The van der Waals surface area contributed by atoms with Crippen molar-refractivity contribution in [2.45, 2.75) is 14.7 Å². The molecule has 0 bridgehead atoms. The van der Waals surface area contributed by atoms with Crippen LogP contribution in [-0.2, 0) is 30.4 Å². The molecule has 0 aliphatic rings. The fourth-order valence-electron chi connectivity index (χ4n) is 4.14. The maximum absolute atomic E-state index is 13.3. The molecule has 5 aromatic rings. The van der Waals surface area contributed by atoms with Gasteiger partial charge in [-0.05, 0) is 83.0 Å². The molecule has 0 aliphatic heterocycles. The molecule has 3 N–H and O–H groups in total. The molecule has 0 saturated carbocycles. The molecule has 25 heteroatoms. The number of hydrogen-bond acceptors (Lipinski definition) is 17. The molecule has 0 amide bonds. The van der Waals surface area contributed by atoms with Gasteiger partial charge in [0.1, 0.15) is 36.6 Å². The van der Waals surface area contributed by atoms with E-state index in [9.17, 15) is 44.0 Å². The monoisotopic (exact) mass is 803 g/mol. The van der Waals surface area contributed by atoms with Crippen LogP contribution in [0.4, 0.5) is 34.6 Å². The van der Waals surface area contributed by atoms with Crippen molar-refractivity contribution in [1.82, 2.24) is 15.0 Å². The maximum atomic E-state index is 13.3. The van der Waals surface area contributed by atoms with Gasteiger partial charge in [-0.25, -0.2) is 16.8 Å². The number of aromatic nitrogens is 3. The van der Waals surface area contributed by atoms with Gasteiger partial charge in [-0.3, -0.25) is 4.55 Å². The van der Waals surface area contributed by atoms with E-state index in [0.29, 0.717) is 5.69 Å². The van der Waals surface area contributed by atoms with Crippen molar-refractivity contribution < 1.29 is 137 Å². The van der Waals surface area contributed by atoms with Crippen LogP contribution in [0.2, 0.25) is 5.28 Å². The van der Waals surface area contributed by atoms with Crippen LogP contribution >= 0.6 is 11.6 Å².